The molecule has 0 saturated heterocycles. The van der Waals surface area contributed by atoms with Crippen molar-refractivity contribution in [3.63, 3.8) is 0 Å². The molecule has 1 aromatic rings. The molecule has 0 aliphatic rings. The second-order valence-corrected chi connectivity index (χ2v) is 2.90. The Morgan fingerprint density at radius 3 is 2.57 bits per heavy atom. The van der Waals surface area contributed by atoms with Crippen molar-refractivity contribution in [1.29, 1.82) is 0 Å². The summed E-state index contributed by atoms with van der Waals surface area (Å²) >= 11 is 0. The normalized spacial score (nSPS) is 12.3. The van der Waals surface area contributed by atoms with Crippen LogP contribution in [0.25, 0.3) is 0 Å². The van der Waals surface area contributed by atoms with Crippen molar-refractivity contribution in [3.8, 4) is 11.5 Å². The van der Waals surface area contributed by atoms with E-state index in [0.717, 1.165) is 5.56 Å². The van der Waals surface area contributed by atoms with Gasteiger partial charge in [0, 0.05) is 5.56 Å². The van der Waals surface area contributed by atoms with Crippen LogP contribution in [0.1, 0.15) is 11.6 Å². The van der Waals surface area contributed by atoms with Gasteiger partial charge in [-0.2, -0.15) is 0 Å². The molecule has 0 aliphatic heterocycles. The number of methoxy groups -OCH3 is 2. The lowest BCUT2D eigenvalue weighted by Gasteiger charge is -2.14. The van der Waals surface area contributed by atoms with Gasteiger partial charge in [0.15, 0.2) is 0 Å². The number of nitrogens with two attached hydrogens (primary N) is 1. The lowest BCUT2D eigenvalue weighted by Crippen LogP contribution is -2.15. The van der Waals surface area contributed by atoms with E-state index in [1.54, 1.807) is 32.4 Å². The summed E-state index contributed by atoms with van der Waals surface area (Å²) in [6, 6.07) is 4.87. The van der Waals surface area contributed by atoms with Crippen LogP contribution in [0.2, 0.25) is 0 Å². The third kappa shape index (κ3) is 2.16. The Bertz CT molecular complexity index is 301. The molecule has 0 spiro atoms. The fourth-order valence-corrected chi connectivity index (χ4v) is 1.23. The molecule has 1 rings (SSSR count). The van der Waals surface area contributed by atoms with Crippen LogP contribution in [-0.4, -0.2) is 25.9 Å². The molecule has 4 nitrogen and oxygen atoms in total. The van der Waals surface area contributed by atoms with Gasteiger partial charge in [-0.15, -0.1) is 0 Å². The van der Waals surface area contributed by atoms with Crippen molar-refractivity contribution in [2.45, 2.75) is 6.04 Å². The van der Waals surface area contributed by atoms with Crippen molar-refractivity contribution < 1.29 is 14.6 Å². The third-order valence-electron chi connectivity index (χ3n) is 2.03. The topological polar surface area (TPSA) is 64.7 Å². The van der Waals surface area contributed by atoms with E-state index in [9.17, 15) is 0 Å². The zero-order valence-corrected chi connectivity index (χ0v) is 8.36. The van der Waals surface area contributed by atoms with Crippen molar-refractivity contribution in [2.24, 2.45) is 5.73 Å². The highest BCUT2D eigenvalue weighted by Crippen LogP contribution is 2.27. The molecule has 1 aromatic carbocycles. The summed E-state index contributed by atoms with van der Waals surface area (Å²) in [5.41, 5.74) is 6.45. The average molecular weight is 197 g/mol. The summed E-state index contributed by atoms with van der Waals surface area (Å²) in [6.07, 6.45) is 0. The van der Waals surface area contributed by atoms with Crippen LogP contribution in [0.5, 0.6) is 11.5 Å². The van der Waals surface area contributed by atoms with E-state index in [1.807, 2.05) is 0 Å². The Morgan fingerprint density at radius 2 is 2.07 bits per heavy atom. The van der Waals surface area contributed by atoms with Gasteiger partial charge >= 0.3 is 0 Å². The van der Waals surface area contributed by atoms with E-state index in [4.69, 9.17) is 20.3 Å². The van der Waals surface area contributed by atoms with Gasteiger partial charge in [-0.3, -0.25) is 0 Å². The monoisotopic (exact) mass is 197 g/mol. The van der Waals surface area contributed by atoms with Gasteiger partial charge in [0.1, 0.15) is 11.5 Å². The van der Waals surface area contributed by atoms with Crippen LogP contribution in [0.4, 0.5) is 0 Å². The first-order valence-corrected chi connectivity index (χ1v) is 4.31. The van der Waals surface area contributed by atoms with Crippen LogP contribution >= 0.6 is 0 Å². The second kappa shape index (κ2) is 4.83. The Balaban J connectivity index is 3.08. The maximum absolute atomic E-state index is 8.95. The van der Waals surface area contributed by atoms with Gasteiger partial charge in [-0.05, 0) is 18.2 Å². The van der Waals surface area contributed by atoms with E-state index in [-0.39, 0.29) is 6.61 Å². The van der Waals surface area contributed by atoms with Crippen molar-refractivity contribution >= 4 is 0 Å². The van der Waals surface area contributed by atoms with Gasteiger partial charge in [-0.25, -0.2) is 0 Å². The van der Waals surface area contributed by atoms with Gasteiger partial charge in [-0.1, -0.05) is 0 Å². The quantitative estimate of drug-likeness (QED) is 0.745. The van der Waals surface area contributed by atoms with E-state index in [1.165, 1.54) is 0 Å². The lowest BCUT2D eigenvalue weighted by atomic mass is 10.1. The highest BCUT2D eigenvalue weighted by molar-refractivity contribution is 5.42. The Morgan fingerprint density at radius 1 is 1.36 bits per heavy atom. The molecule has 4 heteroatoms. The average Bonchev–Trinajstić information content (AvgIpc) is 2.27. The number of aliphatic hydroxyl groups is 1. The van der Waals surface area contributed by atoms with E-state index in [0.29, 0.717) is 11.5 Å². The van der Waals surface area contributed by atoms with Crippen LogP contribution in [0.3, 0.4) is 0 Å². The lowest BCUT2D eigenvalue weighted by molar-refractivity contribution is 0.264. The smallest absolute Gasteiger partial charge is 0.123 e. The molecule has 3 N–H and O–H groups in total. The number of hydrogen-bond donors (Lipinski definition) is 2. The summed E-state index contributed by atoms with van der Waals surface area (Å²) in [5, 5.41) is 8.95. The minimum atomic E-state index is -0.444. The van der Waals surface area contributed by atoms with E-state index < -0.39 is 6.04 Å². The van der Waals surface area contributed by atoms with Crippen molar-refractivity contribution in [2.75, 3.05) is 20.8 Å². The number of ether oxygens (including phenoxy) is 2. The molecule has 0 radical (unpaired) electrons. The highest BCUT2D eigenvalue weighted by atomic mass is 16.5. The number of aliphatic hydroxyl groups excluding tert-OH is 1. The van der Waals surface area contributed by atoms with Gasteiger partial charge in [0.05, 0.1) is 26.9 Å². The Labute approximate surface area is 83.3 Å². The molecule has 14 heavy (non-hydrogen) atoms. The van der Waals surface area contributed by atoms with Crippen LogP contribution in [-0.2, 0) is 0 Å². The minimum Gasteiger partial charge on any atom is -0.497 e. The summed E-state index contributed by atoms with van der Waals surface area (Å²) in [4.78, 5) is 0. The summed E-state index contributed by atoms with van der Waals surface area (Å²) in [7, 11) is 3.14. The molecule has 0 aliphatic carbocycles. The fourth-order valence-electron chi connectivity index (χ4n) is 1.23. The Kier molecular flexibility index (Phi) is 3.73. The molecule has 0 unspecified atom stereocenters. The molecule has 0 fully saturated rings. The maximum Gasteiger partial charge on any atom is 0.123 e. The molecule has 0 aromatic heterocycles. The number of rotatable bonds is 4. The highest BCUT2D eigenvalue weighted by Gasteiger charge is 2.11. The fraction of sp³-hybridized carbons (Fsp3) is 0.400. The molecule has 78 valence electrons. The zero-order chi connectivity index (χ0) is 10.6. The minimum absolute atomic E-state index is 0.122. The maximum atomic E-state index is 8.95. The molecular formula is C10H15NO3. The van der Waals surface area contributed by atoms with Crippen LogP contribution in [0, 0.1) is 0 Å². The largest absolute Gasteiger partial charge is 0.497 e. The summed E-state index contributed by atoms with van der Waals surface area (Å²) < 4.78 is 10.2. The van der Waals surface area contributed by atoms with E-state index in [2.05, 4.69) is 0 Å². The standard InChI is InChI=1S/C10H15NO3/c1-13-7-3-4-10(14-2)8(5-7)9(11)6-12/h3-5,9,12H,6,11H2,1-2H3/t9-/m1/s1. The number of benzene rings is 1. The SMILES string of the molecule is COc1ccc(OC)c([C@H](N)CO)c1. The summed E-state index contributed by atoms with van der Waals surface area (Å²) in [6.45, 7) is -0.122. The predicted octanol–water partition coefficient (Wildman–Crippen LogP) is 0.696. The Hall–Kier alpha value is -1.26. The van der Waals surface area contributed by atoms with Crippen molar-refractivity contribution in [3.05, 3.63) is 23.8 Å². The molecule has 0 saturated carbocycles. The summed E-state index contributed by atoms with van der Waals surface area (Å²) in [5.74, 6) is 1.36. The van der Waals surface area contributed by atoms with Crippen LogP contribution < -0.4 is 15.2 Å². The first kappa shape index (κ1) is 10.8. The van der Waals surface area contributed by atoms with Gasteiger partial charge in [0.25, 0.3) is 0 Å². The van der Waals surface area contributed by atoms with E-state index >= 15 is 0 Å². The molecule has 0 amide bonds. The third-order valence-corrected chi connectivity index (χ3v) is 2.03. The van der Waals surface area contributed by atoms with Crippen molar-refractivity contribution in [1.82, 2.24) is 0 Å². The van der Waals surface area contributed by atoms with Gasteiger partial charge < -0.3 is 20.3 Å². The second-order valence-electron chi connectivity index (χ2n) is 2.90. The molecule has 0 heterocycles. The molecule has 1 atom stereocenters. The van der Waals surface area contributed by atoms with Crippen LogP contribution in [0.15, 0.2) is 18.2 Å². The molecular weight excluding hydrogens is 182 g/mol. The zero-order valence-electron chi connectivity index (χ0n) is 8.36. The number of hydrogen-bond acceptors (Lipinski definition) is 4. The molecule has 0 bridgehead atoms. The first-order valence-electron chi connectivity index (χ1n) is 4.31. The first-order chi connectivity index (χ1) is 6.72. The predicted molar refractivity (Wildman–Crippen MR) is 53.6 cm³/mol. The van der Waals surface area contributed by atoms with Gasteiger partial charge in [0.2, 0.25) is 0 Å².